The molecule has 1 heterocycles. The zero-order chi connectivity index (χ0) is 8.10. The third kappa shape index (κ3) is 3.90. The zero-order valence-electron chi connectivity index (χ0n) is 6.86. The number of rotatable bonds is 4. The van der Waals surface area contributed by atoms with Crippen molar-refractivity contribution in [3.63, 3.8) is 0 Å². The van der Waals surface area contributed by atoms with Crippen LogP contribution in [-0.2, 0) is 9.53 Å². The second-order valence-electron chi connectivity index (χ2n) is 2.80. The number of nitrogens with two attached hydrogens (primary N) is 1. The predicted molar refractivity (Wildman–Crippen MR) is 48.0 cm³/mol. The maximum atomic E-state index is 9.78. The van der Waals surface area contributed by atoms with Gasteiger partial charge in [-0.2, -0.15) is 0 Å². The SMILES string of the molecule is Cl.NC1CCC(CCOC=O)N1. The van der Waals surface area contributed by atoms with Crippen LogP contribution in [0.4, 0.5) is 0 Å². The number of hydrogen-bond donors (Lipinski definition) is 2. The summed E-state index contributed by atoms with van der Waals surface area (Å²) in [7, 11) is 0. The molecule has 5 heteroatoms. The first-order chi connectivity index (χ1) is 5.33. The molecule has 1 aliphatic rings. The van der Waals surface area contributed by atoms with E-state index in [4.69, 9.17) is 5.73 Å². The fourth-order valence-electron chi connectivity index (χ4n) is 1.34. The molecule has 0 aromatic rings. The molecule has 2 atom stereocenters. The van der Waals surface area contributed by atoms with Gasteiger partial charge in [0.2, 0.25) is 0 Å². The minimum Gasteiger partial charge on any atom is -0.468 e. The second-order valence-corrected chi connectivity index (χ2v) is 2.80. The minimum atomic E-state index is 0. The summed E-state index contributed by atoms with van der Waals surface area (Å²) in [4.78, 5) is 9.78. The van der Waals surface area contributed by atoms with E-state index in [-0.39, 0.29) is 18.6 Å². The average molecular weight is 195 g/mol. The summed E-state index contributed by atoms with van der Waals surface area (Å²) in [5, 5.41) is 3.19. The van der Waals surface area contributed by atoms with Gasteiger partial charge in [0.05, 0.1) is 12.8 Å². The van der Waals surface area contributed by atoms with Gasteiger partial charge in [-0.15, -0.1) is 12.4 Å². The fraction of sp³-hybridized carbons (Fsp3) is 0.857. The number of carbonyl (C=O) groups excluding carboxylic acids is 1. The van der Waals surface area contributed by atoms with E-state index >= 15 is 0 Å². The first kappa shape index (κ1) is 11.7. The number of carbonyl (C=O) groups is 1. The third-order valence-corrected chi connectivity index (χ3v) is 1.93. The highest BCUT2D eigenvalue weighted by atomic mass is 35.5. The highest BCUT2D eigenvalue weighted by Crippen LogP contribution is 2.11. The number of hydrogen-bond acceptors (Lipinski definition) is 4. The van der Waals surface area contributed by atoms with E-state index in [1.165, 1.54) is 0 Å². The molecule has 1 fully saturated rings. The average Bonchev–Trinajstić information content (AvgIpc) is 2.37. The van der Waals surface area contributed by atoms with E-state index in [0.717, 1.165) is 19.3 Å². The summed E-state index contributed by atoms with van der Waals surface area (Å²) in [6.45, 7) is 0.975. The van der Waals surface area contributed by atoms with Crippen molar-refractivity contribution in [1.82, 2.24) is 5.32 Å². The van der Waals surface area contributed by atoms with Crippen molar-refractivity contribution in [2.75, 3.05) is 6.61 Å². The van der Waals surface area contributed by atoms with Crippen molar-refractivity contribution in [2.45, 2.75) is 31.5 Å². The Labute approximate surface area is 78.2 Å². The summed E-state index contributed by atoms with van der Waals surface area (Å²) in [6.07, 6.45) is 3.11. The molecule has 3 N–H and O–H groups in total. The number of nitrogens with one attached hydrogen (secondary N) is 1. The lowest BCUT2D eigenvalue weighted by Crippen LogP contribution is -2.36. The molecule has 0 spiro atoms. The monoisotopic (exact) mass is 194 g/mol. The molecule has 2 unspecified atom stereocenters. The van der Waals surface area contributed by atoms with Crippen molar-refractivity contribution >= 4 is 18.9 Å². The van der Waals surface area contributed by atoms with Crippen LogP contribution in [-0.4, -0.2) is 25.3 Å². The summed E-state index contributed by atoms with van der Waals surface area (Å²) >= 11 is 0. The van der Waals surface area contributed by atoms with Crippen molar-refractivity contribution in [2.24, 2.45) is 5.73 Å². The van der Waals surface area contributed by atoms with Crippen LogP contribution in [0, 0.1) is 0 Å². The minimum absolute atomic E-state index is 0. The zero-order valence-corrected chi connectivity index (χ0v) is 7.68. The normalized spacial score (nSPS) is 27.8. The van der Waals surface area contributed by atoms with E-state index < -0.39 is 0 Å². The van der Waals surface area contributed by atoms with Crippen LogP contribution in [0.3, 0.4) is 0 Å². The number of ether oxygens (including phenoxy) is 1. The van der Waals surface area contributed by atoms with Gasteiger partial charge in [-0.25, -0.2) is 0 Å². The first-order valence-corrected chi connectivity index (χ1v) is 3.90. The molecule has 0 amide bonds. The Balaban J connectivity index is 0.00000121. The second kappa shape index (κ2) is 6.22. The van der Waals surface area contributed by atoms with Gasteiger partial charge in [-0.05, 0) is 19.3 Å². The van der Waals surface area contributed by atoms with Crippen LogP contribution in [0.1, 0.15) is 19.3 Å². The van der Waals surface area contributed by atoms with Crippen LogP contribution in [0.5, 0.6) is 0 Å². The van der Waals surface area contributed by atoms with Crippen LogP contribution >= 0.6 is 12.4 Å². The summed E-state index contributed by atoms with van der Waals surface area (Å²) in [5.74, 6) is 0. The quantitative estimate of drug-likeness (QED) is 0.489. The molecule has 1 aliphatic heterocycles. The summed E-state index contributed by atoms with van der Waals surface area (Å²) in [5.41, 5.74) is 5.61. The molecular formula is C7H15ClN2O2. The van der Waals surface area contributed by atoms with Crippen LogP contribution in [0.15, 0.2) is 0 Å². The Morgan fingerprint density at radius 3 is 2.83 bits per heavy atom. The number of halogens is 1. The standard InChI is InChI=1S/C7H14N2O2.ClH/c8-7-2-1-6(9-7)3-4-11-5-10;/h5-7,9H,1-4,8H2;1H. The van der Waals surface area contributed by atoms with Gasteiger partial charge in [0, 0.05) is 6.04 Å². The topological polar surface area (TPSA) is 64.3 Å². The summed E-state index contributed by atoms with van der Waals surface area (Å²) in [6, 6.07) is 0.435. The largest absolute Gasteiger partial charge is 0.468 e. The Kier molecular flexibility index (Phi) is 6.06. The van der Waals surface area contributed by atoms with Gasteiger partial charge in [0.1, 0.15) is 0 Å². The van der Waals surface area contributed by atoms with Gasteiger partial charge < -0.3 is 10.5 Å². The Morgan fingerprint density at radius 1 is 1.58 bits per heavy atom. The summed E-state index contributed by atoms with van der Waals surface area (Å²) < 4.78 is 4.57. The van der Waals surface area contributed by atoms with E-state index in [2.05, 4.69) is 10.1 Å². The highest BCUT2D eigenvalue weighted by Gasteiger charge is 2.19. The molecule has 1 saturated heterocycles. The molecule has 0 aromatic carbocycles. The van der Waals surface area contributed by atoms with Gasteiger partial charge in [0.15, 0.2) is 0 Å². The maximum absolute atomic E-state index is 9.78. The molecule has 0 saturated carbocycles. The van der Waals surface area contributed by atoms with Crippen molar-refractivity contribution in [3.05, 3.63) is 0 Å². The molecule has 4 nitrogen and oxygen atoms in total. The maximum Gasteiger partial charge on any atom is 0.293 e. The van der Waals surface area contributed by atoms with E-state index in [1.54, 1.807) is 0 Å². The molecule has 0 bridgehead atoms. The molecule has 0 aliphatic carbocycles. The third-order valence-electron chi connectivity index (χ3n) is 1.93. The Morgan fingerprint density at radius 2 is 2.33 bits per heavy atom. The van der Waals surface area contributed by atoms with Crippen molar-refractivity contribution in [1.29, 1.82) is 0 Å². The Bertz CT molecular complexity index is 135. The van der Waals surface area contributed by atoms with Crippen molar-refractivity contribution < 1.29 is 9.53 Å². The lowest BCUT2D eigenvalue weighted by molar-refractivity contribution is -0.128. The first-order valence-electron chi connectivity index (χ1n) is 3.90. The Hall–Kier alpha value is -0.320. The van der Waals surface area contributed by atoms with Crippen molar-refractivity contribution in [3.8, 4) is 0 Å². The van der Waals surface area contributed by atoms with E-state index in [9.17, 15) is 4.79 Å². The van der Waals surface area contributed by atoms with E-state index in [0.29, 0.717) is 19.1 Å². The smallest absolute Gasteiger partial charge is 0.293 e. The molecule has 12 heavy (non-hydrogen) atoms. The van der Waals surface area contributed by atoms with Crippen LogP contribution in [0.2, 0.25) is 0 Å². The van der Waals surface area contributed by atoms with E-state index in [1.807, 2.05) is 0 Å². The molecule has 1 rings (SSSR count). The molecule has 0 radical (unpaired) electrons. The highest BCUT2D eigenvalue weighted by molar-refractivity contribution is 5.85. The molecular weight excluding hydrogens is 180 g/mol. The predicted octanol–water partition coefficient (Wildman–Crippen LogP) is 0.00810. The lowest BCUT2D eigenvalue weighted by Gasteiger charge is -2.09. The van der Waals surface area contributed by atoms with Gasteiger partial charge >= 0.3 is 0 Å². The molecule has 0 aromatic heterocycles. The van der Waals surface area contributed by atoms with Gasteiger partial charge in [-0.1, -0.05) is 0 Å². The van der Waals surface area contributed by atoms with Crippen LogP contribution in [0.25, 0.3) is 0 Å². The fourth-order valence-corrected chi connectivity index (χ4v) is 1.34. The lowest BCUT2D eigenvalue weighted by atomic mass is 10.2. The van der Waals surface area contributed by atoms with Crippen LogP contribution < -0.4 is 11.1 Å². The van der Waals surface area contributed by atoms with Gasteiger partial charge in [-0.3, -0.25) is 10.1 Å². The van der Waals surface area contributed by atoms with Gasteiger partial charge in [0.25, 0.3) is 6.47 Å². The molecule has 72 valence electrons.